The number of hydrogen-bond donors (Lipinski definition) is 1. The lowest BCUT2D eigenvalue weighted by Crippen LogP contribution is -2.67. The van der Waals surface area contributed by atoms with Crippen molar-refractivity contribution in [1.82, 2.24) is 0 Å². The van der Waals surface area contributed by atoms with E-state index in [1.807, 2.05) is 26.0 Å². The molecule has 2 aliphatic heterocycles. The summed E-state index contributed by atoms with van der Waals surface area (Å²) >= 11 is 0. The molecular formula is C27H36O5Si. The van der Waals surface area contributed by atoms with E-state index >= 15 is 0 Å². The molecule has 2 heterocycles. The molecule has 4 atom stereocenters. The number of benzene rings is 2. The Hall–Kier alpha value is -1.80. The van der Waals surface area contributed by atoms with Gasteiger partial charge in [-0.15, -0.1) is 0 Å². The second-order valence-electron chi connectivity index (χ2n) is 10.5. The molecule has 0 amide bonds. The van der Waals surface area contributed by atoms with Crippen molar-refractivity contribution in [1.29, 1.82) is 0 Å². The minimum atomic E-state index is -2.71. The number of hydrogen-bond acceptors (Lipinski definition) is 5. The van der Waals surface area contributed by atoms with E-state index < -0.39 is 26.0 Å². The highest BCUT2D eigenvalue weighted by molar-refractivity contribution is 6.99. The summed E-state index contributed by atoms with van der Waals surface area (Å²) in [4.78, 5) is 0. The van der Waals surface area contributed by atoms with E-state index in [1.165, 1.54) is 16.4 Å². The summed E-state index contributed by atoms with van der Waals surface area (Å²) in [5.74, 6) is -2.42. The summed E-state index contributed by atoms with van der Waals surface area (Å²) in [6.45, 7) is 14.6. The van der Waals surface area contributed by atoms with Crippen molar-refractivity contribution < 1.29 is 23.7 Å². The first-order valence-corrected chi connectivity index (χ1v) is 13.6. The molecule has 1 N–H and O–H groups in total. The first-order chi connectivity index (χ1) is 15.5. The van der Waals surface area contributed by atoms with E-state index in [-0.39, 0.29) is 17.2 Å². The molecule has 5 nitrogen and oxygen atoms in total. The van der Waals surface area contributed by atoms with E-state index in [0.717, 1.165) is 0 Å². The van der Waals surface area contributed by atoms with E-state index in [4.69, 9.17) is 18.6 Å². The summed E-state index contributed by atoms with van der Waals surface area (Å²) in [6, 6.07) is 21.0. The first-order valence-electron chi connectivity index (χ1n) is 11.7. The van der Waals surface area contributed by atoms with Crippen LogP contribution in [-0.4, -0.2) is 49.9 Å². The van der Waals surface area contributed by atoms with Crippen LogP contribution in [0.25, 0.3) is 0 Å². The van der Waals surface area contributed by atoms with Gasteiger partial charge in [0.15, 0.2) is 5.79 Å². The van der Waals surface area contributed by atoms with E-state index in [2.05, 4.69) is 75.9 Å². The van der Waals surface area contributed by atoms with Gasteiger partial charge < -0.3 is 23.7 Å². The summed E-state index contributed by atoms with van der Waals surface area (Å²) in [5.41, 5.74) is 0. The van der Waals surface area contributed by atoms with Crippen LogP contribution >= 0.6 is 0 Å². The minimum Gasteiger partial charge on any atom is -0.405 e. The molecule has 2 fully saturated rings. The summed E-state index contributed by atoms with van der Waals surface area (Å²) < 4.78 is 25.2. The molecule has 0 saturated carbocycles. The highest BCUT2D eigenvalue weighted by atomic mass is 28.4. The van der Waals surface area contributed by atoms with Crippen LogP contribution in [0.3, 0.4) is 0 Å². The predicted molar refractivity (Wildman–Crippen MR) is 132 cm³/mol. The Balaban J connectivity index is 1.68. The lowest BCUT2D eigenvalue weighted by Gasteiger charge is -2.46. The summed E-state index contributed by atoms with van der Waals surface area (Å²) in [5, 5.41) is 13.5. The zero-order chi connectivity index (χ0) is 23.9. The van der Waals surface area contributed by atoms with Crippen molar-refractivity contribution in [3.8, 4) is 0 Å². The van der Waals surface area contributed by atoms with Gasteiger partial charge in [-0.3, -0.25) is 0 Å². The maximum Gasteiger partial charge on any atom is 0.261 e. The molecule has 33 heavy (non-hydrogen) atoms. The topological polar surface area (TPSA) is 57.2 Å². The molecule has 178 valence electrons. The van der Waals surface area contributed by atoms with Crippen molar-refractivity contribution in [2.45, 2.75) is 76.0 Å². The van der Waals surface area contributed by atoms with Crippen molar-refractivity contribution in [2.75, 3.05) is 6.61 Å². The van der Waals surface area contributed by atoms with Crippen LogP contribution in [-0.2, 0) is 18.6 Å². The second kappa shape index (κ2) is 8.76. The predicted octanol–water partition coefficient (Wildman–Crippen LogP) is 3.75. The average Bonchev–Trinajstić information content (AvgIpc) is 3.10. The Morgan fingerprint density at radius 2 is 1.55 bits per heavy atom. The molecule has 4 rings (SSSR count). The number of aliphatic hydroxyl groups is 1. The number of ether oxygens (including phenoxy) is 3. The SMILES string of the molecule is C=CC1(O)O[C@@H](CO[Si](c2ccccc2)(c2ccccc2)C(C)(C)C)C[C@@H]2OC(C)(C)O[C@@H]21. The van der Waals surface area contributed by atoms with Crippen molar-refractivity contribution in [3.05, 3.63) is 73.3 Å². The molecule has 0 spiro atoms. The standard InChI is InChI=1S/C27H36O5Si/c1-7-27(28)24-23(31-26(5,6)32-24)18-20(30-27)19-29-33(25(2,3)4,21-14-10-8-11-15-21)22-16-12-9-13-17-22/h7-17,20,23-24,28H,1,18-19H2,2-6H3/t20-,23+,24+,27?/m1/s1. The first kappa shape index (κ1) is 24.3. The summed E-state index contributed by atoms with van der Waals surface area (Å²) in [6.07, 6.45) is 0.694. The third-order valence-electron chi connectivity index (χ3n) is 6.64. The highest BCUT2D eigenvalue weighted by Gasteiger charge is 2.57. The van der Waals surface area contributed by atoms with Gasteiger partial charge in [-0.2, -0.15) is 0 Å². The maximum atomic E-state index is 11.2. The van der Waals surface area contributed by atoms with Gasteiger partial charge in [-0.05, 0) is 35.3 Å². The molecule has 2 aromatic rings. The molecule has 2 saturated heterocycles. The van der Waals surface area contributed by atoms with Crippen LogP contribution < -0.4 is 10.4 Å². The van der Waals surface area contributed by atoms with Gasteiger partial charge >= 0.3 is 0 Å². The van der Waals surface area contributed by atoms with Crippen LogP contribution in [0.4, 0.5) is 0 Å². The number of rotatable bonds is 6. The van der Waals surface area contributed by atoms with Gasteiger partial charge in [-0.1, -0.05) is 88.0 Å². The molecule has 1 unspecified atom stereocenters. The van der Waals surface area contributed by atoms with Crippen LogP contribution in [0.1, 0.15) is 41.0 Å². The normalized spacial score (nSPS) is 29.5. The lowest BCUT2D eigenvalue weighted by atomic mass is 9.95. The Morgan fingerprint density at radius 3 is 2.03 bits per heavy atom. The Labute approximate surface area is 198 Å². The van der Waals surface area contributed by atoms with Gasteiger partial charge in [0.1, 0.15) is 6.10 Å². The molecule has 6 heteroatoms. The van der Waals surface area contributed by atoms with Gasteiger partial charge in [0.2, 0.25) is 5.79 Å². The average molecular weight is 469 g/mol. The van der Waals surface area contributed by atoms with Gasteiger partial charge in [0, 0.05) is 6.42 Å². The molecule has 0 aromatic heterocycles. The van der Waals surface area contributed by atoms with Gasteiger partial charge in [0.25, 0.3) is 8.32 Å². The zero-order valence-electron chi connectivity index (χ0n) is 20.3. The largest absolute Gasteiger partial charge is 0.405 e. The fraction of sp³-hybridized carbons (Fsp3) is 0.481. The van der Waals surface area contributed by atoms with E-state index in [9.17, 15) is 5.11 Å². The molecule has 2 aromatic carbocycles. The van der Waals surface area contributed by atoms with Crippen molar-refractivity contribution >= 4 is 18.7 Å². The Bertz CT molecular complexity index is 916. The summed E-state index contributed by atoms with van der Waals surface area (Å²) in [7, 11) is -2.71. The molecule has 0 bridgehead atoms. The monoisotopic (exact) mass is 468 g/mol. The van der Waals surface area contributed by atoms with Crippen molar-refractivity contribution in [2.24, 2.45) is 0 Å². The van der Waals surface area contributed by atoms with Gasteiger partial charge in [-0.25, -0.2) is 0 Å². The number of fused-ring (bicyclic) bond motifs is 1. The van der Waals surface area contributed by atoms with E-state index in [1.54, 1.807) is 0 Å². The van der Waals surface area contributed by atoms with Crippen molar-refractivity contribution in [3.63, 3.8) is 0 Å². The van der Waals surface area contributed by atoms with Gasteiger partial charge in [0.05, 0.1) is 18.8 Å². The fourth-order valence-electron chi connectivity index (χ4n) is 5.25. The van der Waals surface area contributed by atoms with Crippen LogP contribution in [0, 0.1) is 0 Å². The highest BCUT2D eigenvalue weighted by Crippen LogP contribution is 2.43. The quantitative estimate of drug-likeness (QED) is 0.517. The van der Waals surface area contributed by atoms with Crippen LogP contribution in [0.5, 0.6) is 0 Å². The molecule has 0 radical (unpaired) electrons. The smallest absolute Gasteiger partial charge is 0.261 e. The third kappa shape index (κ3) is 4.48. The Morgan fingerprint density at radius 1 is 1.00 bits per heavy atom. The van der Waals surface area contributed by atoms with Crippen LogP contribution in [0.2, 0.25) is 5.04 Å². The molecule has 2 aliphatic rings. The molecule has 0 aliphatic carbocycles. The fourth-order valence-corrected chi connectivity index (χ4v) is 9.84. The van der Waals surface area contributed by atoms with E-state index in [0.29, 0.717) is 13.0 Å². The zero-order valence-corrected chi connectivity index (χ0v) is 21.3. The Kier molecular flexibility index (Phi) is 6.46. The second-order valence-corrected chi connectivity index (χ2v) is 14.8. The third-order valence-corrected chi connectivity index (χ3v) is 11.6. The van der Waals surface area contributed by atoms with Crippen LogP contribution in [0.15, 0.2) is 73.3 Å². The maximum absolute atomic E-state index is 11.2. The molecular weight excluding hydrogens is 432 g/mol. The lowest BCUT2D eigenvalue weighted by molar-refractivity contribution is -0.283. The minimum absolute atomic E-state index is 0.142.